The number of hydrogen-bond donors (Lipinski definition) is 9. The van der Waals surface area contributed by atoms with Gasteiger partial charge in [0.05, 0.1) is 36.9 Å². The maximum atomic E-state index is 10.6. The van der Waals surface area contributed by atoms with Crippen LogP contribution in [-0.4, -0.2) is 137 Å². The van der Waals surface area contributed by atoms with E-state index in [-0.39, 0.29) is 25.2 Å². The Morgan fingerprint density at radius 3 is 2.12 bits per heavy atom. The first-order valence-corrected chi connectivity index (χ1v) is 11.7. The van der Waals surface area contributed by atoms with Crippen molar-refractivity contribution in [3.8, 4) is 0 Å². The highest BCUT2D eigenvalue weighted by atomic mass is 16.7. The van der Waals surface area contributed by atoms with Gasteiger partial charge in [-0.05, 0) is 25.7 Å². The number of hydrogen-bond acceptors (Lipinski definition) is 11. The molecule has 0 spiro atoms. The van der Waals surface area contributed by atoms with Crippen molar-refractivity contribution in [3.63, 3.8) is 0 Å². The van der Waals surface area contributed by atoms with Gasteiger partial charge in [-0.1, -0.05) is 0 Å². The summed E-state index contributed by atoms with van der Waals surface area (Å²) in [5.74, 6) is -0.728. The first-order valence-electron chi connectivity index (χ1n) is 11.7. The van der Waals surface area contributed by atoms with Crippen LogP contribution in [0.3, 0.4) is 0 Å². The predicted octanol–water partition coefficient (Wildman–Crippen LogP) is -4.54. The number of ether oxygens (including phenoxy) is 3. The Balaban J connectivity index is 1.55. The third kappa shape index (κ3) is 4.95. The normalized spacial score (nSPS) is 55.7. The third-order valence-electron chi connectivity index (χ3n) is 7.87. The zero-order chi connectivity index (χ0) is 24.0. The molecule has 0 amide bonds. The molecule has 2 heterocycles. The van der Waals surface area contributed by atoms with Crippen LogP contribution in [-0.2, 0) is 9.47 Å². The Morgan fingerprint density at radius 2 is 1.45 bits per heavy atom. The molecule has 2 saturated heterocycles. The average Bonchev–Trinajstić information content (AvgIpc) is 2.79. The summed E-state index contributed by atoms with van der Waals surface area (Å²) in [5, 5.41) is 91.0. The van der Waals surface area contributed by atoms with Crippen LogP contribution in [0.25, 0.3) is 0 Å². The Bertz CT molecular complexity index is 651. The summed E-state index contributed by atoms with van der Waals surface area (Å²) in [5.41, 5.74) is 0. The van der Waals surface area contributed by atoms with E-state index in [1.165, 1.54) is 0 Å². The lowest BCUT2D eigenvalue weighted by Crippen LogP contribution is -2.64. The monoisotopic (exact) mass is 481 g/mol. The van der Waals surface area contributed by atoms with Gasteiger partial charge in [-0.2, -0.15) is 0 Å². The van der Waals surface area contributed by atoms with Gasteiger partial charge in [-0.3, -0.25) is 0 Å². The molecule has 15 atom stereocenters. The molecule has 0 radical (unpaired) electrons. The van der Waals surface area contributed by atoms with Gasteiger partial charge in [-0.15, -0.1) is 0 Å². The van der Waals surface area contributed by atoms with Crippen molar-refractivity contribution in [2.24, 2.45) is 11.8 Å². The Morgan fingerprint density at radius 1 is 0.727 bits per heavy atom. The van der Waals surface area contributed by atoms with Crippen LogP contribution in [0.4, 0.5) is 0 Å². The SMILES string of the molecule is OCC1OC(OC2CC3C(CC(O)C(O)C3O)[OH+]C2C2CCC(O)C(O)C2)C(O)C(O)C1O. The van der Waals surface area contributed by atoms with Gasteiger partial charge in [0.15, 0.2) is 18.5 Å². The second kappa shape index (κ2) is 10.2. The van der Waals surface area contributed by atoms with Gasteiger partial charge in [-0.25, -0.2) is 0 Å². The van der Waals surface area contributed by atoms with E-state index in [1.807, 2.05) is 0 Å². The summed E-state index contributed by atoms with van der Waals surface area (Å²) in [6.45, 7) is -0.608. The molecule has 0 aromatic rings. The molecule has 4 fully saturated rings. The van der Waals surface area contributed by atoms with Gasteiger partial charge in [0, 0.05) is 12.3 Å². The lowest BCUT2D eigenvalue weighted by Gasteiger charge is -2.49. The summed E-state index contributed by atoms with van der Waals surface area (Å²) >= 11 is 0. The molecule has 0 bridgehead atoms. The van der Waals surface area contributed by atoms with Gasteiger partial charge in [0.1, 0.15) is 36.6 Å². The minimum atomic E-state index is -1.61. The minimum Gasteiger partial charge on any atom is -0.427 e. The Hall–Kier alpha value is -0.480. The number of aliphatic hydroxyl groups excluding tert-OH is 9. The number of rotatable bonds is 4. The van der Waals surface area contributed by atoms with E-state index in [0.717, 1.165) is 0 Å². The summed E-state index contributed by atoms with van der Waals surface area (Å²) in [7, 11) is 0. The second-order valence-electron chi connectivity index (χ2n) is 9.97. The van der Waals surface area contributed by atoms with Crippen molar-refractivity contribution >= 4 is 0 Å². The van der Waals surface area contributed by atoms with Gasteiger partial charge < -0.3 is 60.2 Å². The molecule has 4 aliphatic rings. The predicted molar refractivity (Wildman–Crippen MR) is 109 cm³/mol. The van der Waals surface area contributed by atoms with Crippen LogP contribution >= 0.6 is 0 Å². The van der Waals surface area contributed by atoms with Crippen molar-refractivity contribution in [2.75, 3.05) is 6.61 Å². The summed E-state index contributed by atoms with van der Waals surface area (Å²) < 4.78 is 16.3. The first kappa shape index (κ1) is 25.6. The van der Waals surface area contributed by atoms with Crippen LogP contribution in [0.15, 0.2) is 0 Å². The standard InChI is InChI=1S/C21H36O12/c22-6-14-17(28)18(29)19(30)21(33-14)32-13-4-8-12(5-11(25)16(27)15(8)26)31-20(13)7-1-2-9(23)10(24)3-7/h7-30H,1-6H2/p+1. The van der Waals surface area contributed by atoms with E-state index < -0.39 is 92.1 Å². The molecule has 12 heteroatoms. The maximum Gasteiger partial charge on any atom is 0.187 e. The third-order valence-corrected chi connectivity index (χ3v) is 7.87. The minimum absolute atomic E-state index is 0.157. The summed E-state index contributed by atoms with van der Waals surface area (Å²) in [4.78, 5) is 0. The van der Waals surface area contributed by atoms with Crippen LogP contribution < -0.4 is 0 Å². The van der Waals surface area contributed by atoms with E-state index in [2.05, 4.69) is 0 Å². The lowest BCUT2D eigenvalue weighted by atomic mass is 9.71. The largest absolute Gasteiger partial charge is 0.427 e. The van der Waals surface area contributed by atoms with Gasteiger partial charge in [0.25, 0.3) is 0 Å². The molecule has 0 aromatic heterocycles. The highest BCUT2D eigenvalue weighted by Crippen LogP contribution is 2.42. The molecule has 10 N–H and O–H groups in total. The average molecular weight is 482 g/mol. The highest BCUT2D eigenvalue weighted by Gasteiger charge is 2.56. The Labute approximate surface area is 191 Å². The Kier molecular flexibility index (Phi) is 7.95. The molecule has 0 aromatic carbocycles. The van der Waals surface area contributed by atoms with E-state index in [1.54, 1.807) is 0 Å². The summed E-state index contributed by atoms with van der Waals surface area (Å²) in [6, 6.07) is 0. The molecule has 4 rings (SSSR count). The highest BCUT2D eigenvalue weighted by molar-refractivity contribution is 5.00. The van der Waals surface area contributed by atoms with E-state index in [4.69, 9.17) is 14.2 Å². The number of aliphatic hydroxyl groups is 11. The summed E-state index contributed by atoms with van der Waals surface area (Å²) in [6.07, 6.45) is -13.0. The molecule has 33 heavy (non-hydrogen) atoms. The molecule has 2 saturated carbocycles. The molecular formula is C21H37O12+. The van der Waals surface area contributed by atoms with Crippen molar-refractivity contribution < 1.29 is 60.2 Å². The van der Waals surface area contributed by atoms with Gasteiger partial charge >= 0.3 is 0 Å². The zero-order valence-corrected chi connectivity index (χ0v) is 18.2. The molecule has 2 aliphatic heterocycles. The molecule has 192 valence electrons. The quantitative estimate of drug-likeness (QED) is 0.174. The fraction of sp³-hybridized carbons (Fsp3) is 1.00. The van der Waals surface area contributed by atoms with Crippen LogP contribution in [0.1, 0.15) is 32.1 Å². The van der Waals surface area contributed by atoms with Crippen molar-refractivity contribution in [1.82, 2.24) is 0 Å². The maximum absolute atomic E-state index is 10.6. The molecule has 2 aliphatic carbocycles. The van der Waals surface area contributed by atoms with Gasteiger partial charge in [0.2, 0.25) is 0 Å². The molecule has 15 unspecified atom stereocenters. The van der Waals surface area contributed by atoms with Crippen molar-refractivity contribution in [1.29, 1.82) is 0 Å². The van der Waals surface area contributed by atoms with Crippen molar-refractivity contribution in [3.05, 3.63) is 0 Å². The first-order chi connectivity index (χ1) is 15.6. The van der Waals surface area contributed by atoms with Crippen LogP contribution in [0, 0.1) is 11.8 Å². The van der Waals surface area contributed by atoms with E-state index >= 15 is 0 Å². The topological polar surface area (TPSA) is 213 Å². The molecule has 12 nitrogen and oxygen atoms in total. The fourth-order valence-corrected chi connectivity index (χ4v) is 5.85. The molecular weight excluding hydrogens is 444 g/mol. The van der Waals surface area contributed by atoms with Crippen LogP contribution in [0.2, 0.25) is 0 Å². The van der Waals surface area contributed by atoms with E-state index in [0.29, 0.717) is 12.8 Å². The van der Waals surface area contributed by atoms with Crippen molar-refractivity contribution in [2.45, 2.75) is 112 Å². The van der Waals surface area contributed by atoms with Crippen LogP contribution in [0.5, 0.6) is 0 Å². The lowest BCUT2D eigenvalue weighted by molar-refractivity contribution is -0.360. The fourth-order valence-electron chi connectivity index (χ4n) is 5.85. The zero-order valence-electron chi connectivity index (χ0n) is 18.2. The van der Waals surface area contributed by atoms with E-state index in [9.17, 15) is 46.0 Å². The number of fused-ring (bicyclic) bond motifs is 1. The second-order valence-corrected chi connectivity index (χ2v) is 9.97. The smallest absolute Gasteiger partial charge is 0.187 e.